The molecule has 298 valence electrons. The lowest BCUT2D eigenvalue weighted by atomic mass is 10.1. The van der Waals surface area contributed by atoms with E-state index in [2.05, 4.69) is 40.7 Å². The van der Waals surface area contributed by atoms with Crippen molar-refractivity contribution in [2.45, 2.75) is 22.6 Å². The third kappa shape index (κ3) is 12.5. The molecule has 4 N–H and O–H groups in total. The van der Waals surface area contributed by atoms with Crippen LogP contribution in [0.5, 0.6) is 0 Å². The first kappa shape index (κ1) is 42.6. The van der Waals surface area contributed by atoms with E-state index in [0.29, 0.717) is 29.4 Å². The minimum absolute atomic E-state index is 0.110. The molecule has 0 saturated carbocycles. The van der Waals surface area contributed by atoms with Gasteiger partial charge in [-0.1, -0.05) is 54.6 Å². The Hall–Kier alpha value is -6.52. The fourth-order valence-electron chi connectivity index (χ4n) is 5.25. The molecule has 1 heterocycles. The van der Waals surface area contributed by atoms with Gasteiger partial charge in [-0.3, -0.25) is 13.7 Å². The average Bonchev–Trinajstić information content (AvgIpc) is 3.16. The number of anilines is 1. The van der Waals surface area contributed by atoms with Crippen LogP contribution in [-0.2, 0) is 52.8 Å². The van der Waals surface area contributed by atoms with E-state index in [1.165, 1.54) is 18.2 Å². The summed E-state index contributed by atoms with van der Waals surface area (Å²) in [7, 11) is -13.8. The average molecular weight is 847 g/mol. The summed E-state index contributed by atoms with van der Waals surface area (Å²) in [5, 5.41) is 19.1. The molecule has 6 rings (SSSR count). The molecule has 0 radical (unpaired) electrons. The minimum atomic E-state index is -4.83. The van der Waals surface area contributed by atoms with Crippen molar-refractivity contribution in [2.75, 3.05) is 17.6 Å². The number of fused-ring (bicyclic) bond motifs is 1. The Morgan fingerprint density at radius 1 is 0.534 bits per heavy atom. The summed E-state index contributed by atoms with van der Waals surface area (Å²) in [6, 6.07) is 29.1. The third-order valence-corrected chi connectivity index (χ3v) is 10.3. The predicted octanol–water partition coefficient (Wildman–Crippen LogP) is 6.25. The summed E-state index contributed by atoms with van der Waals surface area (Å²) in [6.07, 6.45) is 0.775. The molecule has 19 nitrogen and oxygen atoms in total. The first-order valence-electron chi connectivity index (χ1n) is 16.5. The van der Waals surface area contributed by atoms with Gasteiger partial charge in [0.1, 0.15) is 21.4 Å². The number of aromatic nitrogens is 3. The number of nitrogens with one attached hydrogen (secondary N) is 1. The van der Waals surface area contributed by atoms with Gasteiger partial charge in [0.15, 0.2) is 0 Å². The molecule has 0 unspecified atom stereocenters. The maximum Gasteiger partial charge on any atom is 0.373 e. The molecule has 22 heteroatoms. The highest BCUT2D eigenvalue weighted by Crippen LogP contribution is 2.34. The number of nitrogens with zero attached hydrogens (tertiary/aromatic N) is 7. The maximum atomic E-state index is 12.1. The molecule has 0 aliphatic heterocycles. The van der Waals surface area contributed by atoms with Crippen LogP contribution >= 0.6 is 0 Å². The van der Waals surface area contributed by atoms with Crippen LogP contribution in [0, 0.1) is 0 Å². The normalized spacial score (nSPS) is 12.0. The summed E-state index contributed by atoms with van der Waals surface area (Å²) in [5.74, 6) is 0.293. The van der Waals surface area contributed by atoms with E-state index in [1.54, 1.807) is 36.4 Å². The summed E-state index contributed by atoms with van der Waals surface area (Å²) in [6.45, 7) is -0.150. The molecule has 0 aliphatic carbocycles. The first-order chi connectivity index (χ1) is 27.5. The zero-order chi connectivity index (χ0) is 41.9. The molecule has 0 atom stereocenters. The van der Waals surface area contributed by atoms with Crippen molar-refractivity contribution >= 4 is 76.0 Å². The summed E-state index contributed by atoms with van der Waals surface area (Å²) >= 11 is 0. The van der Waals surface area contributed by atoms with Crippen LogP contribution in [0.1, 0.15) is 22.8 Å². The zero-order valence-corrected chi connectivity index (χ0v) is 32.1. The van der Waals surface area contributed by atoms with E-state index in [0.717, 1.165) is 28.9 Å². The van der Waals surface area contributed by atoms with Crippen LogP contribution in [0.3, 0.4) is 0 Å². The molecule has 6 aromatic rings. The lowest BCUT2D eigenvalue weighted by molar-refractivity contribution is -0.191. The zero-order valence-electron chi connectivity index (χ0n) is 29.7. The van der Waals surface area contributed by atoms with Crippen molar-refractivity contribution in [3.63, 3.8) is 0 Å². The van der Waals surface area contributed by atoms with Crippen molar-refractivity contribution in [1.29, 1.82) is 0 Å². The van der Waals surface area contributed by atoms with E-state index < -0.39 is 45.9 Å². The molecular weight excluding hydrogens is 817 g/mol. The Kier molecular flexibility index (Phi) is 13.7. The van der Waals surface area contributed by atoms with E-state index in [9.17, 15) is 34.4 Å². The van der Waals surface area contributed by atoms with Gasteiger partial charge in [-0.25, -0.2) is 4.98 Å². The van der Waals surface area contributed by atoms with Gasteiger partial charge in [0.25, 0.3) is 30.4 Å². The first-order valence-corrected chi connectivity index (χ1v) is 21.0. The van der Waals surface area contributed by atoms with Gasteiger partial charge in [-0.05, 0) is 65.7 Å². The Morgan fingerprint density at radius 2 is 1.02 bits per heavy atom. The maximum absolute atomic E-state index is 12.1. The monoisotopic (exact) mass is 846 g/mol. The Labute approximate surface area is 330 Å². The van der Waals surface area contributed by atoms with Gasteiger partial charge in [-0.2, -0.15) is 65.3 Å². The van der Waals surface area contributed by atoms with Crippen molar-refractivity contribution in [2.24, 2.45) is 20.5 Å². The molecule has 0 amide bonds. The third-order valence-electron chi connectivity index (χ3n) is 7.74. The molecular formula is C36H30N8O11S3. The van der Waals surface area contributed by atoms with Crippen molar-refractivity contribution in [3.8, 4) is 0 Å². The SMILES string of the molecule is O=C=O.O=S(=O)(O)CCNc1nc(Cc2ccc(N=Nc3ccccc3)cc2)nc(Cc2ccc(N=Nc3cc(S(=O)(=O)O)c4cccc(S(=O)(=O)O)c4c3)cc2)n1. The fraction of sp³-hybridized carbons (Fsp3) is 0.111. The summed E-state index contributed by atoms with van der Waals surface area (Å²) in [4.78, 5) is 28.5. The Bertz CT molecular complexity index is 2860. The van der Waals surface area contributed by atoms with Gasteiger partial charge >= 0.3 is 6.15 Å². The highest BCUT2D eigenvalue weighted by molar-refractivity contribution is 7.86. The van der Waals surface area contributed by atoms with Crippen LogP contribution in [0.2, 0.25) is 0 Å². The molecule has 0 bridgehead atoms. The molecule has 0 aliphatic rings. The quantitative estimate of drug-likeness (QED) is 0.0696. The van der Waals surface area contributed by atoms with Gasteiger partial charge in [0, 0.05) is 30.2 Å². The van der Waals surface area contributed by atoms with E-state index >= 15 is 0 Å². The summed E-state index contributed by atoms with van der Waals surface area (Å²) in [5.41, 5.74) is 3.18. The second-order valence-corrected chi connectivity index (χ2v) is 16.3. The van der Waals surface area contributed by atoms with E-state index in [4.69, 9.17) is 14.1 Å². The number of rotatable bonds is 14. The number of azo groups is 2. The predicted molar refractivity (Wildman–Crippen MR) is 207 cm³/mol. The van der Waals surface area contributed by atoms with Crippen LogP contribution < -0.4 is 5.32 Å². The van der Waals surface area contributed by atoms with Crippen molar-refractivity contribution in [1.82, 2.24) is 15.0 Å². The molecule has 58 heavy (non-hydrogen) atoms. The number of benzene rings is 5. The van der Waals surface area contributed by atoms with Crippen LogP contribution in [0.15, 0.2) is 139 Å². The second-order valence-electron chi connectivity index (χ2n) is 12.0. The van der Waals surface area contributed by atoms with Crippen LogP contribution in [-0.4, -0.2) is 72.3 Å². The topological polar surface area (TPSA) is 297 Å². The lowest BCUT2D eigenvalue weighted by Crippen LogP contribution is -2.17. The van der Waals surface area contributed by atoms with Gasteiger partial charge in [0.05, 0.1) is 28.5 Å². The van der Waals surface area contributed by atoms with Gasteiger partial charge in [-0.15, -0.1) is 0 Å². The van der Waals surface area contributed by atoms with Gasteiger partial charge < -0.3 is 5.32 Å². The number of hydrogen-bond donors (Lipinski definition) is 4. The van der Waals surface area contributed by atoms with Crippen LogP contribution in [0.4, 0.5) is 28.7 Å². The number of carbonyl (C=O) groups excluding carboxylic acids is 2. The summed E-state index contributed by atoms with van der Waals surface area (Å²) < 4.78 is 99.4. The van der Waals surface area contributed by atoms with Gasteiger partial charge in [0.2, 0.25) is 5.95 Å². The standard InChI is InChI=1S/C35H30N8O9S3.CO2/c44-53(45,46)18-17-36-35-38-33(19-23-9-13-26(14-10-23)41-40-25-5-2-1-3-6-25)37-34(39-35)20-24-11-15-27(16-12-24)42-43-28-21-30-29(32(22-28)55(50,51)52)7-4-8-31(30)54(47,48)49;2-1-3/h1-16,21-22H,17-20H2,(H,44,45,46)(H,47,48,49)(H,50,51,52)(H,36,37,38,39);. The van der Waals surface area contributed by atoms with Crippen LogP contribution in [0.25, 0.3) is 10.8 Å². The Balaban J connectivity index is 0.00000207. The second kappa shape index (κ2) is 18.6. The molecule has 0 fully saturated rings. The van der Waals surface area contributed by atoms with E-state index in [-0.39, 0.29) is 41.5 Å². The van der Waals surface area contributed by atoms with E-state index in [1.807, 2.05) is 42.5 Å². The molecule has 1 aromatic heterocycles. The largest absolute Gasteiger partial charge is 0.373 e. The highest BCUT2D eigenvalue weighted by atomic mass is 32.2. The molecule has 0 saturated heterocycles. The van der Waals surface area contributed by atoms with Crippen molar-refractivity contribution < 1.29 is 48.5 Å². The lowest BCUT2D eigenvalue weighted by Gasteiger charge is -2.09. The fourth-order valence-corrected chi connectivity index (χ4v) is 7.04. The minimum Gasteiger partial charge on any atom is -0.353 e. The molecule has 5 aromatic carbocycles. The number of hydrogen-bond acceptors (Lipinski definition) is 16. The smallest absolute Gasteiger partial charge is 0.353 e. The van der Waals surface area contributed by atoms with Crippen molar-refractivity contribution in [3.05, 3.63) is 132 Å². The molecule has 0 spiro atoms. The highest BCUT2D eigenvalue weighted by Gasteiger charge is 2.21. The Morgan fingerprint density at radius 3 is 1.50 bits per heavy atom.